The maximum atomic E-state index is 9.76. The highest BCUT2D eigenvalue weighted by Gasteiger charge is 2.20. The van der Waals surface area contributed by atoms with E-state index in [1.54, 1.807) is 12.1 Å². The highest BCUT2D eigenvalue weighted by atomic mass is 16.3. The zero-order chi connectivity index (χ0) is 15.6. The first-order valence-corrected chi connectivity index (χ1v) is 8.14. The predicted octanol–water partition coefficient (Wildman–Crippen LogP) is 4.92. The van der Waals surface area contributed by atoms with E-state index < -0.39 is 0 Å². The Kier molecular flexibility index (Phi) is 3.58. The van der Waals surface area contributed by atoms with Crippen molar-refractivity contribution < 1.29 is 5.11 Å². The van der Waals surface area contributed by atoms with Crippen molar-refractivity contribution in [3.05, 3.63) is 82.7 Å². The fourth-order valence-corrected chi connectivity index (χ4v) is 3.50. The second-order valence-corrected chi connectivity index (χ2v) is 6.14. The van der Waals surface area contributed by atoms with Crippen LogP contribution in [-0.2, 0) is 6.42 Å². The van der Waals surface area contributed by atoms with Gasteiger partial charge >= 0.3 is 0 Å². The van der Waals surface area contributed by atoms with Gasteiger partial charge in [-0.05, 0) is 72.2 Å². The number of fused-ring (bicyclic) bond motifs is 1. The molecule has 0 aliphatic heterocycles. The maximum Gasteiger partial charge on any atom is 0.116 e. The van der Waals surface area contributed by atoms with E-state index >= 15 is 0 Å². The van der Waals surface area contributed by atoms with Crippen LogP contribution < -0.4 is 0 Å². The van der Waals surface area contributed by atoms with Crippen LogP contribution in [0.5, 0.6) is 5.75 Å². The number of nitrogens with zero attached hydrogens (tertiary/aromatic N) is 1. The summed E-state index contributed by atoms with van der Waals surface area (Å²) in [7, 11) is 0. The Morgan fingerprint density at radius 3 is 2.96 bits per heavy atom. The zero-order valence-corrected chi connectivity index (χ0v) is 13.0. The van der Waals surface area contributed by atoms with E-state index in [-0.39, 0.29) is 0 Å². The second kappa shape index (κ2) is 5.88. The number of hydrogen-bond donors (Lipinski definition) is 1. The average Bonchev–Trinajstić information content (AvgIpc) is 2.73. The lowest BCUT2D eigenvalue weighted by molar-refractivity contribution is 0.475. The molecule has 0 amide bonds. The van der Waals surface area contributed by atoms with Gasteiger partial charge in [0.05, 0.1) is 0 Å². The third kappa shape index (κ3) is 2.72. The molecule has 0 radical (unpaired) electrons. The van der Waals surface area contributed by atoms with E-state index in [0.29, 0.717) is 5.75 Å². The molecule has 0 fully saturated rings. The first-order chi connectivity index (χ1) is 11.3. The van der Waals surface area contributed by atoms with Crippen LogP contribution >= 0.6 is 0 Å². The molecule has 2 aliphatic rings. The number of hydrogen-bond acceptors (Lipinski definition) is 2. The Hall–Kier alpha value is -2.61. The van der Waals surface area contributed by atoms with E-state index in [1.807, 2.05) is 24.5 Å². The molecule has 0 saturated carbocycles. The lowest BCUT2D eigenvalue weighted by Crippen LogP contribution is -1.96. The van der Waals surface area contributed by atoms with Gasteiger partial charge in [0.15, 0.2) is 0 Å². The zero-order valence-electron chi connectivity index (χ0n) is 13.0. The van der Waals surface area contributed by atoms with Crippen molar-refractivity contribution in [1.82, 2.24) is 4.98 Å². The molecule has 1 aromatic heterocycles. The molecule has 1 N–H and O–H groups in total. The van der Waals surface area contributed by atoms with Gasteiger partial charge in [-0.1, -0.05) is 29.9 Å². The van der Waals surface area contributed by atoms with E-state index in [1.165, 1.54) is 27.8 Å². The number of aryl methyl sites for hydroxylation is 1. The molecule has 114 valence electrons. The Balaban J connectivity index is 1.93. The molecule has 4 rings (SSSR count). The molecule has 0 bridgehead atoms. The molecule has 2 heteroatoms. The first-order valence-electron chi connectivity index (χ1n) is 8.14. The highest BCUT2D eigenvalue weighted by Crippen LogP contribution is 2.39. The predicted molar refractivity (Wildman–Crippen MR) is 93.9 cm³/mol. The minimum Gasteiger partial charge on any atom is -0.508 e. The largest absolute Gasteiger partial charge is 0.508 e. The summed E-state index contributed by atoms with van der Waals surface area (Å²) in [6.45, 7) is 0. The van der Waals surface area contributed by atoms with Gasteiger partial charge in [0.2, 0.25) is 0 Å². The van der Waals surface area contributed by atoms with Gasteiger partial charge in [-0.3, -0.25) is 4.98 Å². The van der Waals surface area contributed by atoms with Crippen LogP contribution in [0, 0.1) is 0 Å². The molecular weight excluding hydrogens is 282 g/mol. The topological polar surface area (TPSA) is 33.1 Å². The fraction of sp³-hybridized carbons (Fsp3) is 0.190. The van der Waals surface area contributed by atoms with Gasteiger partial charge in [-0.25, -0.2) is 0 Å². The molecule has 0 atom stereocenters. The number of pyridine rings is 1. The van der Waals surface area contributed by atoms with Crippen molar-refractivity contribution in [1.29, 1.82) is 0 Å². The monoisotopic (exact) mass is 301 g/mol. The van der Waals surface area contributed by atoms with Gasteiger partial charge in [-0.2, -0.15) is 0 Å². The summed E-state index contributed by atoms with van der Waals surface area (Å²) in [5.41, 5.74) is 7.69. The number of phenolic OH excluding ortho intramolecular Hbond substituents is 1. The molecule has 2 aromatic rings. The van der Waals surface area contributed by atoms with Gasteiger partial charge in [0.25, 0.3) is 0 Å². The van der Waals surface area contributed by atoms with E-state index in [0.717, 1.165) is 31.2 Å². The van der Waals surface area contributed by atoms with Crippen molar-refractivity contribution in [3.8, 4) is 5.75 Å². The quantitative estimate of drug-likeness (QED) is 0.811. The number of allylic oxidation sites excluding steroid dienone is 5. The van der Waals surface area contributed by atoms with Crippen molar-refractivity contribution in [2.75, 3.05) is 0 Å². The summed E-state index contributed by atoms with van der Waals surface area (Å²) in [6, 6.07) is 9.55. The van der Waals surface area contributed by atoms with Crippen molar-refractivity contribution >= 4 is 11.6 Å². The van der Waals surface area contributed by atoms with E-state index in [4.69, 9.17) is 0 Å². The Morgan fingerprint density at radius 1 is 1.09 bits per heavy atom. The van der Waals surface area contributed by atoms with Crippen LogP contribution in [0.3, 0.4) is 0 Å². The van der Waals surface area contributed by atoms with Crippen LogP contribution in [0.25, 0.3) is 11.6 Å². The average molecular weight is 301 g/mol. The summed E-state index contributed by atoms with van der Waals surface area (Å²) >= 11 is 0. The summed E-state index contributed by atoms with van der Waals surface area (Å²) in [4.78, 5) is 4.35. The second-order valence-electron chi connectivity index (χ2n) is 6.14. The summed E-state index contributed by atoms with van der Waals surface area (Å²) < 4.78 is 0. The minimum absolute atomic E-state index is 0.299. The molecule has 0 spiro atoms. The van der Waals surface area contributed by atoms with Crippen LogP contribution in [0.2, 0.25) is 0 Å². The number of rotatable bonds is 1. The Bertz CT molecular complexity index is 842. The van der Waals surface area contributed by atoms with Gasteiger partial charge < -0.3 is 5.11 Å². The molecule has 1 aromatic carbocycles. The van der Waals surface area contributed by atoms with Crippen molar-refractivity contribution in [2.45, 2.75) is 25.7 Å². The number of benzene rings is 1. The molecule has 23 heavy (non-hydrogen) atoms. The molecular formula is C21H19NO. The summed E-state index contributed by atoms with van der Waals surface area (Å²) in [6.07, 6.45) is 15.0. The number of phenols is 1. The lowest BCUT2D eigenvalue weighted by Gasteiger charge is -2.16. The summed E-state index contributed by atoms with van der Waals surface area (Å²) in [5, 5.41) is 9.76. The molecule has 1 heterocycles. The Labute approximate surface area is 136 Å². The normalized spacial score (nSPS) is 18.5. The smallest absolute Gasteiger partial charge is 0.116 e. The van der Waals surface area contributed by atoms with Crippen molar-refractivity contribution in [3.63, 3.8) is 0 Å². The molecule has 2 nitrogen and oxygen atoms in total. The molecule has 0 unspecified atom stereocenters. The first kappa shape index (κ1) is 14.0. The van der Waals surface area contributed by atoms with Gasteiger partial charge in [0, 0.05) is 18.0 Å². The van der Waals surface area contributed by atoms with Crippen LogP contribution in [0.15, 0.2) is 66.0 Å². The van der Waals surface area contributed by atoms with E-state index in [9.17, 15) is 5.11 Å². The van der Waals surface area contributed by atoms with Crippen LogP contribution in [0.4, 0.5) is 0 Å². The third-order valence-corrected chi connectivity index (χ3v) is 4.65. The van der Waals surface area contributed by atoms with Crippen molar-refractivity contribution in [2.24, 2.45) is 0 Å². The minimum atomic E-state index is 0.299. The fourth-order valence-electron chi connectivity index (χ4n) is 3.50. The summed E-state index contributed by atoms with van der Waals surface area (Å²) in [5.74, 6) is 0.299. The highest BCUT2D eigenvalue weighted by molar-refractivity contribution is 5.95. The SMILES string of the molecule is Oc1cccc(/C=C2/C3=C(CCC=C3)CCc3ccncc32)c1. The van der Waals surface area contributed by atoms with Crippen LogP contribution in [0.1, 0.15) is 36.0 Å². The molecule has 2 aliphatic carbocycles. The van der Waals surface area contributed by atoms with Crippen LogP contribution in [-0.4, -0.2) is 10.1 Å². The van der Waals surface area contributed by atoms with Gasteiger partial charge in [-0.15, -0.1) is 0 Å². The standard InChI is InChI=1S/C21H19NO/c23-18-6-3-4-15(12-18)13-20-19-7-2-1-5-16(19)8-9-17-10-11-22-14-21(17)20/h2-4,6-7,10-14,23H,1,5,8-9H2/b20-13-. The molecule has 0 saturated heterocycles. The van der Waals surface area contributed by atoms with E-state index in [2.05, 4.69) is 29.3 Å². The lowest BCUT2D eigenvalue weighted by atomic mass is 9.88. The number of aromatic nitrogens is 1. The Morgan fingerprint density at radius 2 is 2.04 bits per heavy atom. The third-order valence-electron chi connectivity index (χ3n) is 4.65. The maximum absolute atomic E-state index is 9.76. The number of aromatic hydroxyl groups is 1. The van der Waals surface area contributed by atoms with Gasteiger partial charge in [0.1, 0.15) is 5.75 Å².